The van der Waals surface area contributed by atoms with E-state index in [-0.39, 0.29) is 5.92 Å². The fraction of sp³-hybridized carbons (Fsp3) is 0.357. The molecule has 0 aliphatic heterocycles. The van der Waals surface area contributed by atoms with E-state index in [2.05, 4.69) is 17.9 Å². The van der Waals surface area contributed by atoms with Crippen LogP contribution in [0.4, 0.5) is 0 Å². The molecule has 1 heteroatoms. The molecule has 0 spiro atoms. The molecule has 0 N–H and O–H groups in total. The predicted molar refractivity (Wildman–Crippen MR) is 59.8 cm³/mol. The highest BCUT2D eigenvalue weighted by Gasteiger charge is 2.22. The third kappa shape index (κ3) is 2.61. The van der Waals surface area contributed by atoms with Crippen molar-refractivity contribution >= 4 is 0 Å². The highest BCUT2D eigenvalue weighted by molar-refractivity contribution is 5.34. The summed E-state index contributed by atoms with van der Waals surface area (Å²) >= 11 is 0. The van der Waals surface area contributed by atoms with Crippen LogP contribution >= 0.6 is 0 Å². The topological polar surface area (TPSA) is 23.8 Å². The summed E-state index contributed by atoms with van der Waals surface area (Å²) in [6, 6.07) is 12.3. The predicted octanol–water partition coefficient (Wildman–Crippen LogP) is 2.98. The monoisotopic (exact) mass is 195 g/mol. The molecule has 0 radical (unpaired) electrons. The van der Waals surface area contributed by atoms with Crippen LogP contribution < -0.4 is 0 Å². The molecule has 1 saturated carbocycles. The molecule has 1 aromatic rings. The number of nitriles is 1. The minimum Gasteiger partial charge on any atom is -0.198 e. The lowest BCUT2D eigenvalue weighted by Crippen LogP contribution is -1.91. The van der Waals surface area contributed by atoms with Gasteiger partial charge in [-0.25, -0.2) is 0 Å². The van der Waals surface area contributed by atoms with Crippen LogP contribution in [0.2, 0.25) is 0 Å². The first-order valence-electron chi connectivity index (χ1n) is 5.34. The Hall–Kier alpha value is -1.73. The minimum atomic E-state index is 0.236. The maximum Gasteiger partial charge on any atom is 0.0656 e. The molecule has 74 valence electrons. The van der Waals surface area contributed by atoms with Gasteiger partial charge in [-0.15, -0.1) is 0 Å². The second kappa shape index (κ2) is 4.67. The van der Waals surface area contributed by atoms with Gasteiger partial charge < -0.3 is 0 Å². The van der Waals surface area contributed by atoms with Crippen molar-refractivity contribution in [3.05, 3.63) is 35.9 Å². The zero-order valence-corrected chi connectivity index (χ0v) is 8.61. The average Bonchev–Trinajstić information content (AvgIpc) is 2.76. The van der Waals surface area contributed by atoms with Crippen molar-refractivity contribution in [2.45, 2.75) is 19.3 Å². The standard InChI is InChI=1S/C14H13N/c15-11-14-9-8-13(10-14)7-6-12-4-2-1-3-5-12/h1-5,13-14H,8-10H2. The first-order valence-corrected chi connectivity index (χ1v) is 5.34. The Morgan fingerprint density at radius 2 is 1.80 bits per heavy atom. The summed E-state index contributed by atoms with van der Waals surface area (Å²) in [7, 11) is 0. The lowest BCUT2D eigenvalue weighted by atomic mass is 10.1. The van der Waals surface area contributed by atoms with Crippen LogP contribution in [0.25, 0.3) is 0 Å². The third-order valence-electron chi connectivity index (χ3n) is 2.81. The third-order valence-corrected chi connectivity index (χ3v) is 2.81. The number of hydrogen-bond donors (Lipinski definition) is 0. The SMILES string of the molecule is N#CC1CCC(C#Cc2ccccc2)C1. The molecule has 1 aliphatic rings. The lowest BCUT2D eigenvalue weighted by molar-refractivity contribution is 0.663. The van der Waals surface area contributed by atoms with Gasteiger partial charge in [0.25, 0.3) is 0 Å². The summed E-state index contributed by atoms with van der Waals surface area (Å²) in [6.07, 6.45) is 3.05. The summed E-state index contributed by atoms with van der Waals surface area (Å²) < 4.78 is 0. The molecule has 0 aromatic heterocycles. The number of hydrogen-bond acceptors (Lipinski definition) is 1. The molecule has 1 aromatic carbocycles. The molecule has 1 aliphatic carbocycles. The minimum absolute atomic E-state index is 0.236. The Labute approximate surface area is 90.7 Å². The van der Waals surface area contributed by atoms with Crippen LogP contribution in [0, 0.1) is 35.0 Å². The van der Waals surface area contributed by atoms with Crippen LogP contribution in [0.1, 0.15) is 24.8 Å². The fourth-order valence-corrected chi connectivity index (χ4v) is 1.94. The van der Waals surface area contributed by atoms with E-state index >= 15 is 0 Å². The molecule has 15 heavy (non-hydrogen) atoms. The Kier molecular flexibility index (Phi) is 3.05. The zero-order valence-electron chi connectivity index (χ0n) is 8.61. The smallest absolute Gasteiger partial charge is 0.0656 e. The van der Waals surface area contributed by atoms with Gasteiger partial charge in [-0.1, -0.05) is 30.0 Å². The Balaban J connectivity index is 1.99. The van der Waals surface area contributed by atoms with Crippen molar-refractivity contribution in [2.75, 3.05) is 0 Å². The van der Waals surface area contributed by atoms with E-state index in [1.807, 2.05) is 30.3 Å². The zero-order chi connectivity index (χ0) is 10.5. The van der Waals surface area contributed by atoms with E-state index in [9.17, 15) is 0 Å². The summed E-state index contributed by atoms with van der Waals surface area (Å²) in [5.74, 6) is 7.09. The van der Waals surface area contributed by atoms with Gasteiger partial charge in [0.1, 0.15) is 0 Å². The maximum absolute atomic E-state index is 8.77. The molecule has 2 unspecified atom stereocenters. The van der Waals surface area contributed by atoms with Crippen molar-refractivity contribution < 1.29 is 0 Å². The van der Waals surface area contributed by atoms with E-state index in [1.54, 1.807) is 0 Å². The van der Waals surface area contributed by atoms with Gasteiger partial charge >= 0.3 is 0 Å². The largest absolute Gasteiger partial charge is 0.198 e. The second-order valence-electron chi connectivity index (χ2n) is 3.97. The molecule has 1 nitrogen and oxygen atoms in total. The van der Waals surface area contributed by atoms with Gasteiger partial charge in [-0.3, -0.25) is 0 Å². The van der Waals surface area contributed by atoms with E-state index in [0.717, 1.165) is 24.8 Å². The van der Waals surface area contributed by atoms with Crippen molar-refractivity contribution in [3.8, 4) is 17.9 Å². The summed E-state index contributed by atoms with van der Waals surface area (Å²) in [6.45, 7) is 0. The van der Waals surface area contributed by atoms with Crippen molar-refractivity contribution in [1.82, 2.24) is 0 Å². The average molecular weight is 195 g/mol. The number of benzene rings is 1. The summed E-state index contributed by atoms with van der Waals surface area (Å²) in [5, 5.41) is 8.77. The van der Waals surface area contributed by atoms with E-state index in [0.29, 0.717) is 5.92 Å². The molecule has 1 fully saturated rings. The van der Waals surface area contributed by atoms with E-state index in [4.69, 9.17) is 5.26 Å². The van der Waals surface area contributed by atoms with Gasteiger partial charge in [0.15, 0.2) is 0 Å². The summed E-state index contributed by atoms with van der Waals surface area (Å²) in [5.41, 5.74) is 1.07. The van der Waals surface area contributed by atoms with Crippen LogP contribution in [-0.2, 0) is 0 Å². The number of nitrogens with zero attached hydrogens (tertiary/aromatic N) is 1. The Morgan fingerprint density at radius 3 is 2.47 bits per heavy atom. The highest BCUT2D eigenvalue weighted by Crippen LogP contribution is 2.29. The van der Waals surface area contributed by atoms with Gasteiger partial charge in [0.2, 0.25) is 0 Å². The maximum atomic E-state index is 8.77. The highest BCUT2D eigenvalue weighted by atomic mass is 14.3. The van der Waals surface area contributed by atoms with Crippen LogP contribution in [0.3, 0.4) is 0 Å². The van der Waals surface area contributed by atoms with Gasteiger partial charge in [0, 0.05) is 17.4 Å². The molecule has 0 bridgehead atoms. The summed E-state index contributed by atoms with van der Waals surface area (Å²) in [4.78, 5) is 0. The molecule has 2 rings (SSSR count). The molecular weight excluding hydrogens is 182 g/mol. The fourth-order valence-electron chi connectivity index (χ4n) is 1.94. The molecule has 0 amide bonds. The quantitative estimate of drug-likeness (QED) is 0.584. The van der Waals surface area contributed by atoms with E-state index in [1.165, 1.54) is 0 Å². The van der Waals surface area contributed by atoms with Gasteiger partial charge in [0.05, 0.1) is 6.07 Å². The van der Waals surface area contributed by atoms with Crippen molar-refractivity contribution in [2.24, 2.45) is 11.8 Å². The first-order chi connectivity index (χ1) is 7.38. The van der Waals surface area contributed by atoms with Crippen molar-refractivity contribution in [3.63, 3.8) is 0 Å². The lowest BCUT2D eigenvalue weighted by Gasteiger charge is -1.96. The van der Waals surface area contributed by atoms with Crippen LogP contribution in [0.15, 0.2) is 30.3 Å². The van der Waals surface area contributed by atoms with Gasteiger partial charge in [-0.2, -0.15) is 5.26 Å². The molecular formula is C14H13N. The number of rotatable bonds is 0. The Bertz CT molecular complexity index is 416. The molecule has 0 saturated heterocycles. The van der Waals surface area contributed by atoms with Crippen LogP contribution in [-0.4, -0.2) is 0 Å². The van der Waals surface area contributed by atoms with Gasteiger partial charge in [-0.05, 0) is 31.4 Å². The van der Waals surface area contributed by atoms with Crippen LogP contribution in [0.5, 0.6) is 0 Å². The second-order valence-corrected chi connectivity index (χ2v) is 3.97. The normalized spacial score (nSPS) is 23.9. The Morgan fingerprint density at radius 1 is 1.07 bits per heavy atom. The van der Waals surface area contributed by atoms with Crippen molar-refractivity contribution in [1.29, 1.82) is 5.26 Å². The molecule has 2 atom stereocenters. The molecule has 0 heterocycles. The first kappa shape index (κ1) is 9.81. The van der Waals surface area contributed by atoms with E-state index < -0.39 is 0 Å².